The van der Waals surface area contributed by atoms with E-state index in [0.29, 0.717) is 0 Å². The molecule has 0 saturated heterocycles. The standard InChI is InChI=1S/C2H6O.Li.S/c1-2-3;;/h3H,2H2,1H3;;/q;+1;-2/p+1. The minimum atomic E-state index is 0. The molecule has 5 heavy (non-hydrogen) atoms. The summed E-state index contributed by atoms with van der Waals surface area (Å²) in [5.41, 5.74) is 0. The SMILES string of the molecule is CCO.[H+].[Li+].[S-2]. The number of aliphatic hydroxyl groups excluding tert-OH is 1. The van der Waals surface area contributed by atoms with Crippen LogP contribution in [0.2, 0.25) is 0 Å². The Labute approximate surface area is 52.9 Å². The molecule has 0 aliphatic heterocycles. The van der Waals surface area contributed by atoms with E-state index < -0.39 is 0 Å². The smallest absolute Gasteiger partial charge is 1.00 e. The molecule has 3 heteroatoms. The van der Waals surface area contributed by atoms with Gasteiger partial charge in [-0.25, -0.2) is 0 Å². The van der Waals surface area contributed by atoms with Crippen LogP contribution >= 0.6 is 0 Å². The molecule has 0 aliphatic carbocycles. The molecule has 0 radical (unpaired) electrons. The van der Waals surface area contributed by atoms with Crippen LogP contribution in [-0.2, 0) is 13.5 Å². The topological polar surface area (TPSA) is 20.2 Å². The van der Waals surface area contributed by atoms with Crippen LogP contribution < -0.4 is 18.9 Å². The van der Waals surface area contributed by atoms with Gasteiger partial charge in [-0.1, -0.05) is 0 Å². The molecule has 1 N–H and O–H groups in total. The third-order valence-electron chi connectivity index (χ3n) is 0. The van der Waals surface area contributed by atoms with Crippen molar-refractivity contribution in [2.24, 2.45) is 0 Å². The van der Waals surface area contributed by atoms with E-state index in [2.05, 4.69) is 0 Å². The van der Waals surface area contributed by atoms with Gasteiger partial charge in [-0.2, -0.15) is 0 Å². The molecule has 0 aromatic rings. The molecular weight excluding hydrogens is 79.0 g/mol. The van der Waals surface area contributed by atoms with Gasteiger partial charge in [-0.15, -0.1) is 0 Å². The molecule has 0 rings (SSSR count). The predicted octanol–water partition coefficient (Wildman–Crippen LogP) is -2.89. The fourth-order valence-electron chi connectivity index (χ4n) is 0. The number of rotatable bonds is 0. The van der Waals surface area contributed by atoms with Gasteiger partial charge in [0.05, 0.1) is 0 Å². The van der Waals surface area contributed by atoms with E-state index in [-0.39, 0.29) is 40.4 Å². The summed E-state index contributed by atoms with van der Waals surface area (Å²) in [5, 5.41) is 7.57. The Morgan fingerprint density at radius 1 is 1.80 bits per heavy atom. The minimum absolute atomic E-state index is 0. The molecule has 0 amide bonds. The van der Waals surface area contributed by atoms with Crippen LogP contribution in [0.4, 0.5) is 0 Å². The van der Waals surface area contributed by atoms with E-state index in [0.717, 1.165) is 0 Å². The summed E-state index contributed by atoms with van der Waals surface area (Å²) in [6.07, 6.45) is 0. The van der Waals surface area contributed by atoms with E-state index in [1.807, 2.05) is 0 Å². The Morgan fingerprint density at radius 3 is 1.80 bits per heavy atom. The summed E-state index contributed by atoms with van der Waals surface area (Å²) in [6, 6.07) is 0. The average Bonchev–Trinajstić information content (AvgIpc) is 0.918. The number of hydrogen-bond acceptors (Lipinski definition) is 1. The van der Waals surface area contributed by atoms with Gasteiger partial charge in [-0.3, -0.25) is 0 Å². The summed E-state index contributed by atoms with van der Waals surface area (Å²) in [4.78, 5) is 0. The van der Waals surface area contributed by atoms with Gasteiger partial charge in [-0.05, 0) is 6.92 Å². The van der Waals surface area contributed by atoms with Crippen molar-refractivity contribution in [1.82, 2.24) is 0 Å². The quantitative estimate of drug-likeness (QED) is 0.314. The molecule has 0 unspecified atom stereocenters. The van der Waals surface area contributed by atoms with Crippen molar-refractivity contribution in [3.05, 3.63) is 0 Å². The molecule has 0 saturated carbocycles. The summed E-state index contributed by atoms with van der Waals surface area (Å²) < 4.78 is 0. The first-order chi connectivity index (χ1) is 1.41. The Balaban J connectivity index is -0.00000000667. The maximum Gasteiger partial charge on any atom is 1.00 e. The molecule has 0 aliphatic rings. The predicted molar refractivity (Wildman–Crippen MR) is 21.2 cm³/mol. The first kappa shape index (κ1) is 16.8. The van der Waals surface area contributed by atoms with Crippen LogP contribution in [0, 0.1) is 0 Å². The van der Waals surface area contributed by atoms with Crippen molar-refractivity contribution >= 4 is 13.5 Å². The first-order valence-corrected chi connectivity index (χ1v) is 1.02. The molecule has 0 fully saturated rings. The van der Waals surface area contributed by atoms with Crippen molar-refractivity contribution in [1.29, 1.82) is 0 Å². The second kappa shape index (κ2) is 20.6. The molecular formula is C2H7LiOS. The van der Waals surface area contributed by atoms with Crippen LogP contribution in [-0.4, -0.2) is 11.7 Å². The fourth-order valence-corrected chi connectivity index (χ4v) is 0. The summed E-state index contributed by atoms with van der Waals surface area (Å²) in [5.74, 6) is 0. The summed E-state index contributed by atoms with van der Waals surface area (Å²) in [6.45, 7) is 1.93. The zero-order valence-electron chi connectivity index (χ0n) is 4.56. The van der Waals surface area contributed by atoms with Crippen molar-refractivity contribution in [3.8, 4) is 0 Å². The molecule has 0 heterocycles. The Bertz CT molecular complexity index is 13.5. The molecule has 0 bridgehead atoms. The Hall–Kier alpha value is 0.907. The van der Waals surface area contributed by atoms with Crippen LogP contribution in [0.5, 0.6) is 0 Å². The monoisotopic (exact) mass is 86.0 g/mol. The van der Waals surface area contributed by atoms with Gasteiger partial charge in [0.1, 0.15) is 0 Å². The zero-order chi connectivity index (χ0) is 2.71. The van der Waals surface area contributed by atoms with Crippen molar-refractivity contribution in [2.75, 3.05) is 6.61 Å². The molecule has 1 nitrogen and oxygen atoms in total. The van der Waals surface area contributed by atoms with Gasteiger partial charge < -0.3 is 18.6 Å². The van der Waals surface area contributed by atoms with Crippen molar-refractivity contribution in [3.63, 3.8) is 0 Å². The molecule has 0 atom stereocenters. The van der Waals surface area contributed by atoms with E-state index in [1.165, 1.54) is 0 Å². The molecule has 28 valence electrons. The average molecular weight is 86.1 g/mol. The second-order valence-electron chi connectivity index (χ2n) is 0.316. The molecule has 0 aromatic heterocycles. The van der Waals surface area contributed by atoms with Crippen LogP contribution in [0.3, 0.4) is 0 Å². The van der Waals surface area contributed by atoms with Crippen molar-refractivity contribution in [2.45, 2.75) is 6.92 Å². The maximum atomic E-state index is 7.57. The van der Waals surface area contributed by atoms with Crippen LogP contribution in [0.25, 0.3) is 0 Å². The van der Waals surface area contributed by atoms with E-state index in [1.54, 1.807) is 6.92 Å². The van der Waals surface area contributed by atoms with Gasteiger partial charge in [0.2, 0.25) is 0 Å². The number of aliphatic hydroxyl groups is 1. The van der Waals surface area contributed by atoms with Crippen LogP contribution in [0.15, 0.2) is 0 Å². The maximum absolute atomic E-state index is 7.57. The number of hydrogen-bond donors (Lipinski definition) is 1. The van der Waals surface area contributed by atoms with Gasteiger partial charge in [0.15, 0.2) is 0 Å². The third-order valence-corrected chi connectivity index (χ3v) is 0. The Kier molecular flexibility index (Phi) is 69.3. The minimum Gasteiger partial charge on any atom is -2.00 e. The van der Waals surface area contributed by atoms with Crippen molar-refractivity contribution < 1.29 is 25.4 Å². The van der Waals surface area contributed by atoms with Gasteiger partial charge in [0, 0.05) is 6.61 Å². The fraction of sp³-hybridized carbons (Fsp3) is 1.00. The van der Waals surface area contributed by atoms with Crippen LogP contribution in [0.1, 0.15) is 8.35 Å². The normalized spacial score (nSPS) is 3.60. The second-order valence-corrected chi connectivity index (χ2v) is 0.316. The van der Waals surface area contributed by atoms with Gasteiger partial charge in [0.25, 0.3) is 0 Å². The van der Waals surface area contributed by atoms with E-state index in [9.17, 15) is 0 Å². The third kappa shape index (κ3) is 50.4. The largest absolute Gasteiger partial charge is 2.00 e. The zero-order valence-corrected chi connectivity index (χ0v) is 4.38. The first-order valence-electron chi connectivity index (χ1n) is 1.02. The molecule has 0 spiro atoms. The summed E-state index contributed by atoms with van der Waals surface area (Å²) >= 11 is 0. The summed E-state index contributed by atoms with van der Waals surface area (Å²) in [7, 11) is 0. The van der Waals surface area contributed by atoms with Gasteiger partial charge >= 0.3 is 20.3 Å². The van der Waals surface area contributed by atoms with E-state index in [4.69, 9.17) is 5.11 Å². The Morgan fingerprint density at radius 2 is 1.80 bits per heavy atom. The van der Waals surface area contributed by atoms with E-state index >= 15 is 0 Å². The molecule has 0 aromatic carbocycles.